The number of nitro benzene ring substituents is 1. The molecule has 1 heterocycles. The van der Waals surface area contributed by atoms with Gasteiger partial charge in [0.05, 0.1) is 27.5 Å². The fraction of sp³-hybridized carbons (Fsp3) is 0.273. The van der Waals surface area contributed by atoms with Crippen LogP contribution in [0.2, 0.25) is 5.02 Å². The fourth-order valence-corrected chi connectivity index (χ4v) is 1.81. The third kappa shape index (κ3) is 3.07. The molecule has 1 aromatic heterocycles. The number of rotatable bonds is 5. The molecule has 0 unspecified atom stereocenters. The van der Waals surface area contributed by atoms with Crippen LogP contribution in [0.5, 0.6) is 0 Å². The van der Waals surface area contributed by atoms with E-state index >= 15 is 0 Å². The van der Waals surface area contributed by atoms with Crippen LogP contribution in [-0.4, -0.2) is 26.5 Å². The average molecular weight is 282 g/mol. The van der Waals surface area contributed by atoms with Crippen molar-refractivity contribution in [3.05, 3.63) is 45.2 Å². The van der Waals surface area contributed by atoms with E-state index in [1.807, 2.05) is 6.92 Å². The van der Waals surface area contributed by atoms with Crippen molar-refractivity contribution in [2.75, 3.05) is 6.54 Å². The van der Waals surface area contributed by atoms with Crippen LogP contribution in [-0.2, 0) is 6.54 Å². The van der Waals surface area contributed by atoms with Crippen molar-refractivity contribution >= 4 is 17.3 Å². The summed E-state index contributed by atoms with van der Waals surface area (Å²) in [6, 6.07) is 4.22. The topological polar surface area (TPSA) is 85.9 Å². The first-order valence-corrected chi connectivity index (χ1v) is 6.06. The van der Waals surface area contributed by atoms with Gasteiger partial charge in [0.15, 0.2) is 0 Å². The molecule has 1 aromatic carbocycles. The standard InChI is InChI=1S/C11H12ClN5O2/c1-2-13-6-8-7-16(15-14-8)11-4-3-9(17(18)19)5-10(11)12/h3-5,7,13H,2,6H2,1H3. The van der Waals surface area contributed by atoms with Gasteiger partial charge in [0, 0.05) is 18.7 Å². The second-order valence-corrected chi connectivity index (χ2v) is 4.23. The predicted molar refractivity (Wildman–Crippen MR) is 70.4 cm³/mol. The molecule has 0 aliphatic rings. The van der Waals surface area contributed by atoms with Crippen LogP contribution in [0, 0.1) is 10.1 Å². The van der Waals surface area contributed by atoms with Gasteiger partial charge in [0.1, 0.15) is 0 Å². The zero-order chi connectivity index (χ0) is 13.8. The third-order valence-corrected chi connectivity index (χ3v) is 2.79. The number of non-ortho nitro benzene ring substituents is 1. The predicted octanol–water partition coefficient (Wildman–Crippen LogP) is 1.94. The number of hydrogen-bond donors (Lipinski definition) is 1. The molecule has 19 heavy (non-hydrogen) atoms. The van der Waals surface area contributed by atoms with Gasteiger partial charge in [-0.1, -0.05) is 23.7 Å². The molecule has 7 nitrogen and oxygen atoms in total. The van der Waals surface area contributed by atoms with Crippen molar-refractivity contribution in [2.45, 2.75) is 13.5 Å². The van der Waals surface area contributed by atoms with Crippen LogP contribution in [0.25, 0.3) is 5.69 Å². The van der Waals surface area contributed by atoms with E-state index in [0.717, 1.165) is 12.2 Å². The van der Waals surface area contributed by atoms with Gasteiger partial charge in [-0.15, -0.1) is 5.10 Å². The molecular weight excluding hydrogens is 270 g/mol. The molecule has 0 fully saturated rings. The molecule has 0 radical (unpaired) electrons. The van der Waals surface area contributed by atoms with Crippen molar-refractivity contribution in [1.29, 1.82) is 0 Å². The normalized spacial score (nSPS) is 10.6. The Labute approximate surface area is 114 Å². The zero-order valence-electron chi connectivity index (χ0n) is 10.2. The maximum Gasteiger partial charge on any atom is 0.271 e. The second kappa shape index (κ2) is 5.77. The Balaban J connectivity index is 2.26. The van der Waals surface area contributed by atoms with Crippen LogP contribution in [0.15, 0.2) is 24.4 Å². The summed E-state index contributed by atoms with van der Waals surface area (Å²) in [6.07, 6.45) is 1.73. The van der Waals surface area contributed by atoms with Crippen LogP contribution in [0.3, 0.4) is 0 Å². The van der Waals surface area contributed by atoms with E-state index < -0.39 is 4.92 Å². The Bertz CT molecular complexity index is 599. The average Bonchev–Trinajstić information content (AvgIpc) is 2.84. The smallest absolute Gasteiger partial charge is 0.271 e. The lowest BCUT2D eigenvalue weighted by Crippen LogP contribution is -2.11. The summed E-state index contributed by atoms with van der Waals surface area (Å²) in [5.74, 6) is 0. The van der Waals surface area contributed by atoms with Crippen LogP contribution < -0.4 is 5.32 Å². The van der Waals surface area contributed by atoms with Gasteiger partial charge in [0.2, 0.25) is 0 Å². The van der Waals surface area contributed by atoms with E-state index in [1.54, 1.807) is 12.3 Å². The number of benzene rings is 1. The van der Waals surface area contributed by atoms with Gasteiger partial charge in [-0.05, 0) is 12.6 Å². The summed E-state index contributed by atoms with van der Waals surface area (Å²) >= 11 is 6.01. The van der Waals surface area contributed by atoms with E-state index in [9.17, 15) is 10.1 Å². The molecule has 0 spiro atoms. The Hall–Kier alpha value is -1.99. The summed E-state index contributed by atoms with van der Waals surface area (Å²) in [4.78, 5) is 10.1. The first-order chi connectivity index (χ1) is 9.11. The van der Waals surface area contributed by atoms with E-state index in [-0.39, 0.29) is 10.7 Å². The van der Waals surface area contributed by atoms with Crippen molar-refractivity contribution in [3.63, 3.8) is 0 Å². The summed E-state index contributed by atoms with van der Waals surface area (Å²) in [6.45, 7) is 3.45. The van der Waals surface area contributed by atoms with Crippen molar-refractivity contribution in [3.8, 4) is 5.69 Å². The van der Waals surface area contributed by atoms with E-state index in [1.165, 1.54) is 16.8 Å². The highest BCUT2D eigenvalue weighted by molar-refractivity contribution is 6.32. The third-order valence-electron chi connectivity index (χ3n) is 2.49. The molecular formula is C11H12ClN5O2. The van der Waals surface area contributed by atoms with Gasteiger partial charge in [-0.2, -0.15) is 0 Å². The minimum Gasteiger partial charge on any atom is -0.311 e. The van der Waals surface area contributed by atoms with Crippen LogP contribution >= 0.6 is 11.6 Å². The quantitative estimate of drug-likeness (QED) is 0.668. The van der Waals surface area contributed by atoms with Crippen molar-refractivity contribution in [1.82, 2.24) is 20.3 Å². The Morgan fingerprint density at radius 1 is 1.53 bits per heavy atom. The zero-order valence-corrected chi connectivity index (χ0v) is 11.0. The van der Waals surface area contributed by atoms with Crippen molar-refractivity contribution < 1.29 is 4.92 Å². The highest BCUT2D eigenvalue weighted by Crippen LogP contribution is 2.24. The molecule has 2 aromatic rings. The summed E-state index contributed by atoms with van der Waals surface area (Å²) in [5.41, 5.74) is 1.28. The Morgan fingerprint density at radius 3 is 2.95 bits per heavy atom. The largest absolute Gasteiger partial charge is 0.311 e. The van der Waals surface area contributed by atoms with Gasteiger partial charge in [-0.25, -0.2) is 4.68 Å². The molecule has 0 aliphatic carbocycles. The number of halogens is 1. The molecule has 0 saturated heterocycles. The first-order valence-electron chi connectivity index (χ1n) is 5.68. The lowest BCUT2D eigenvalue weighted by Gasteiger charge is -2.02. The van der Waals surface area contributed by atoms with E-state index in [4.69, 9.17) is 11.6 Å². The maximum atomic E-state index is 10.6. The van der Waals surface area contributed by atoms with E-state index in [2.05, 4.69) is 15.6 Å². The Kier molecular flexibility index (Phi) is 4.08. The van der Waals surface area contributed by atoms with Gasteiger partial charge < -0.3 is 5.32 Å². The molecule has 0 amide bonds. The minimum absolute atomic E-state index is 0.0539. The number of nitrogens with one attached hydrogen (secondary N) is 1. The molecule has 0 atom stereocenters. The molecule has 0 saturated carbocycles. The SMILES string of the molecule is CCNCc1cn(-c2ccc([N+](=O)[O-])cc2Cl)nn1. The molecule has 2 rings (SSSR count). The summed E-state index contributed by atoms with van der Waals surface area (Å²) in [5, 5.41) is 21.9. The molecule has 0 bridgehead atoms. The Morgan fingerprint density at radius 2 is 2.32 bits per heavy atom. The number of hydrogen-bond acceptors (Lipinski definition) is 5. The summed E-state index contributed by atoms with van der Waals surface area (Å²) < 4.78 is 1.50. The lowest BCUT2D eigenvalue weighted by atomic mass is 10.3. The van der Waals surface area contributed by atoms with E-state index in [0.29, 0.717) is 12.2 Å². The second-order valence-electron chi connectivity index (χ2n) is 3.83. The monoisotopic (exact) mass is 281 g/mol. The minimum atomic E-state index is -0.492. The highest BCUT2D eigenvalue weighted by atomic mass is 35.5. The molecule has 100 valence electrons. The number of aromatic nitrogens is 3. The lowest BCUT2D eigenvalue weighted by molar-refractivity contribution is -0.384. The molecule has 1 N–H and O–H groups in total. The van der Waals surface area contributed by atoms with Gasteiger partial charge in [0.25, 0.3) is 5.69 Å². The molecule has 0 aliphatic heterocycles. The first kappa shape index (κ1) is 13.4. The molecule has 8 heteroatoms. The van der Waals surface area contributed by atoms with Gasteiger partial charge >= 0.3 is 0 Å². The van der Waals surface area contributed by atoms with Crippen LogP contribution in [0.4, 0.5) is 5.69 Å². The van der Waals surface area contributed by atoms with Gasteiger partial charge in [-0.3, -0.25) is 10.1 Å². The van der Waals surface area contributed by atoms with Crippen molar-refractivity contribution in [2.24, 2.45) is 0 Å². The summed E-state index contributed by atoms with van der Waals surface area (Å²) in [7, 11) is 0. The number of nitro groups is 1. The highest BCUT2D eigenvalue weighted by Gasteiger charge is 2.12. The maximum absolute atomic E-state index is 10.6. The fourth-order valence-electron chi connectivity index (χ4n) is 1.55. The number of nitrogens with zero attached hydrogens (tertiary/aromatic N) is 4. The van der Waals surface area contributed by atoms with Crippen LogP contribution in [0.1, 0.15) is 12.6 Å².